The van der Waals surface area contributed by atoms with E-state index in [0.717, 1.165) is 26.0 Å². The number of hydrogen-bond acceptors (Lipinski definition) is 7. The maximum Gasteiger partial charge on any atom is 0.560 e. The molecule has 0 unspecified atom stereocenters. The standard InChI is InChI=1S/C9H10N2O7/c1-5(12)10(6(2)13)17-9(16)18-11-7(14)3-4-8(11)15/h3-4,14-15H,1-2H3. The number of amides is 2. The number of hydroxylamine groups is 2. The van der Waals surface area contributed by atoms with Crippen LogP contribution in [0.25, 0.3) is 0 Å². The molecule has 0 radical (unpaired) electrons. The third-order valence-electron chi connectivity index (χ3n) is 1.70. The fourth-order valence-corrected chi connectivity index (χ4v) is 1.01. The van der Waals surface area contributed by atoms with Gasteiger partial charge in [0.1, 0.15) is 0 Å². The number of nitrogens with zero attached hydrogens (tertiary/aromatic N) is 2. The first-order valence-electron chi connectivity index (χ1n) is 4.64. The highest BCUT2D eigenvalue weighted by Gasteiger charge is 2.22. The van der Waals surface area contributed by atoms with E-state index in [1.165, 1.54) is 0 Å². The van der Waals surface area contributed by atoms with Crippen LogP contribution in [0.3, 0.4) is 0 Å². The van der Waals surface area contributed by atoms with Crippen molar-refractivity contribution in [2.45, 2.75) is 13.8 Å². The van der Waals surface area contributed by atoms with Gasteiger partial charge in [-0.2, -0.15) is 4.79 Å². The molecular formula is C9H10N2O7. The van der Waals surface area contributed by atoms with Crippen molar-refractivity contribution in [2.75, 3.05) is 0 Å². The van der Waals surface area contributed by atoms with E-state index >= 15 is 0 Å². The number of carbonyl (C=O) groups excluding carboxylic acids is 3. The summed E-state index contributed by atoms with van der Waals surface area (Å²) in [5.74, 6) is -2.80. The molecule has 0 saturated heterocycles. The highest BCUT2D eigenvalue weighted by molar-refractivity contribution is 5.92. The van der Waals surface area contributed by atoms with Crippen LogP contribution in [0.15, 0.2) is 12.1 Å². The average Bonchev–Trinajstić information content (AvgIpc) is 2.56. The highest BCUT2D eigenvalue weighted by Crippen LogP contribution is 2.18. The number of imide groups is 1. The number of hydrogen-bond donors (Lipinski definition) is 2. The minimum Gasteiger partial charge on any atom is -0.492 e. The largest absolute Gasteiger partial charge is 0.560 e. The SMILES string of the molecule is CC(=O)N(OC(=O)On1c(O)ccc1O)C(C)=O. The van der Waals surface area contributed by atoms with Gasteiger partial charge in [-0.3, -0.25) is 19.3 Å². The zero-order chi connectivity index (χ0) is 13.9. The molecule has 2 N–H and O–H groups in total. The summed E-state index contributed by atoms with van der Waals surface area (Å²) in [6.07, 6.45) is -1.48. The summed E-state index contributed by atoms with van der Waals surface area (Å²) in [6.45, 7) is 2.00. The van der Waals surface area contributed by atoms with Crippen LogP contribution in [0, 0.1) is 0 Å². The minimum atomic E-state index is -1.48. The molecule has 0 aliphatic carbocycles. The van der Waals surface area contributed by atoms with E-state index in [0.29, 0.717) is 4.73 Å². The van der Waals surface area contributed by atoms with E-state index in [-0.39, 0.29) is 5.06 Å². The van der Waals surface area contributed by atoms with Gasteiger partial charge in [0, 0.05) is 26.0 Å². The van der Waals surface area contributed by atoms with Crippen LogP contribution in [0.5, 0.6) is 11.8 Å². The van der Waals surface area contributed by atoms with Gasteiger partial charge < -0.3 is 10.2 Å². The lowest BCUT2D eigenvalue weighted by Crippen LogP contribution is -2.37. The van der Waals surface area contributed by atoms with E-state index in [1.54, 1.807) is 0 Å². The van der Waals surface area contributed by atoms with Crippen molar-refractivity contribution < 1.29 is 34.3 Å². The predicted molar refractivity (Wildman–Crippen MR) is 54.0 cm³/mol. The monoisotopic (exact) mass is 258 g/mol. The van der Waals surface area contributed by atoms with Crippen molar-refractivity contribution >= 4 is 18.0 Å². The molecule has 1 rings (SSSR count). The van der Waals surface area contributed by atoms with E-state index in [1.807, 2.05) is 0 Å². The smallest absolute Gasteiger partial charge is 0.492 e. The Bertz CT molecular complexity index is 460. The Kier molecular flexibility index (Phi) is 3.77. The highest BCUT2D eigenvalue weighted by atomic mass is 16.9. The van der Waals surface area contributed by atoms with Crippen LogP contribution in [0.2, 0.25) is 0 Å². The Balaban J connectivity index is 2.72. The Morgan fingerprint density at radius 3 is 1.94 bits per heavy atom. The minimum absolute atomic E-state index is 0.167. The zero-order valence-corrected chi connectivity index (χ0v) is 9.48. The Labute approximate surface area is 101 Å². The summed E-state index contributed by atoms with van der Waals surface area (Å²) in [7, 11) is 0. The molecule has 0 aliphatic rings. The molecular weight excluding hydrogens is 248 g/mol. The van der Waals surface area contributed by atoms with Gasteiger partial charge in [-0.25, -0.2) is 0 Å². The van der Waals surface area contributed by atoms with Gasteiger partial charge in [0.15, 0.2) is 0 Å². The number of aromatic nitrogens is 1. The van der Waals surface area contributed by atoms with E-state index in [2.05, 4.69) is 9.68 Å². The molecule has 1 heterocycles. The summed E-state index contributed by atoms with van der Waals surface area (Å²) in [5.41, 5.74) is 0. The first kappa shape index (κ1) is 13.4. The molecule has 9 nitrogen and oxygen atoms in total. The maximum atomic E-state index is 11.2. The van der Waals surface area contributed by atoms with Crippen LogP contribution >= 0.6 is 0 Å². The second-order valence-corrected chi connectivity index (χ2v) is 3.11. The van der Waals surface area contributed by atoms with Crippen LogP contribution < -0.4 is 4.84 Å². The summed E-state index contributed by atoms with van der Waals surface area (Å²) in [4.78, 5) is 41.7. The van der Waals surface area contributed by atoms with Gasteiger partial charge in [-0.1, -0.05) is 0 Å². The van der Waals surface area contributed by atoms with Crippen LogP contribution in [0.1, 0.15) is 13.8 Å². The first-order valence-corrected chi connectivity index (χ1v) is 4.64. The fourth-order valence-electron chi connectivity index (χ4n) is 1.01. The second-order valence-electron chi connectivity index (χ2n) is 3.11. The summed E-state index contributed by atoms with van der Waals surface area (Å²) in [6, 6.07) is 2.10. The third kappa shape index (κ3) is 2.90. The molecule has 0 spiro atoms. The van der Waals surface area contributed by atoms with Gasteiger partial charge in [0.05, 0.1) is 0 Å². The predicted octanol–water partition coefficient (Wildman–Crippen LogP) is -0.226. The van der Waals surface area contributed by atoms with E-state index < -0.39 is 29.7 Å². The molecule has 0 atom stereocenters. The molecule has 18 heavy (non-hydrogen) atoms. The zero-order valence-electron chi connectivity index (χ0n) is 9.48. The van der Waals surface area contributed by atoms with Gasteiger partial charge in [-0.05, 0) is 0 Å². The first-order chi connectivity index (χ1) is 8.32. The lowest BCUT2D eigenvalue weighted by molar-refractivity contribution is -0.181. The summed E-state index contributed by atoms with van der Waals surface area (Å²) in [5, 5.41) is 18.5. The second kappa shape index (κ2) is 5.08. The van der Waals surface area contributed by atoms with Gasteiger partial charge in [0.2, 0.25) is 11.8 Å². The molecule has 0 saturated carbocycles. The summed E-state index contributed by atoms with van der Waals surface area (Å²) >= 11 is 0. The third-order valence-corrected chi connectivity index (χ3v) is 1.70. The fraction of sp³-hybridized carbons (Fsp3) is 0.222. The normalized spacial score (nSPS) is 9.67. The van der Waals surface area contributed by atoms with E-state index in [9.17, 15) is 14.4 Å². The number of aromatic hydroxyl groups is 2. The lowest BCUT2D eigenvalue weighted by atomic mass is 10.6. The van der Waals surface area contributed by atoms with Crippen molar-refractivity contribution in [1.82, 2.24) is 9.79 Å². The molecule has 0 fully saturated rings. The number of rotatable bonds is 1. The maximum absolute atomic E-state index is 11.2. The molecule has 1 aromatic heterocycles. The Hall–Kier alpha value is -2.71. The lowest BCUT2D eigenvalue weighted by Gasteiger charge is -2.15. The van der Waals surface area contributed by atoms with Crippen LogP contribution in [-0.4, -0.2) is 38.0 Å². The molecule has 0 bridgehead atoms. The molecule has 0 aliphatic heterocycles. The molecule has 0 aromatic carbocycles. The Morgan fingerprint density at radius 1 is 1.11 bits per heavy atom. The van der Waals surface area contributed by atoms with Crippen molar-refractivity contribution in [3.8, 4) is 11.8 Å². The summed E-state index contributed by atoms with van der Waals surface area (Å²) < 4.78 is 0.348. The number of carbonyl (C=O) groups is 3. The van der Waals surface area contributed by atoms with Crippen LogP contribution in [0.4, 0.5) is 4.79 Å². The van der Waals surface area contributed by atoms with Crippen LogP contribution in [-0.2, 0) is 14.4 Å². The van der Waals surface area contributed by atoms with Gasteiger partial charge in [-0.15, -0.1) is 9.79 Å². The molecule has 98 valence electrons. The molecule has 9 heteroatoms. The quantitative estimate of drug-likeness (QED) is 0.668. The van der Waals surface area contributed by atoms with Crippen molar-refractivity contribution in [3.05, 3.63) is 12.1 Å². The van der Waals surface area contributed by atoms with E-state index in [4.69, 9.17) is 10.2 Å². The van der Waals surface area contributed by atoms with Crippen molar-refractivity contribution in [2.24, 2.45) is 0 Å². The van der Waals surface area contributed by atoms with Crippen molar-refractivity contribution in [1.29, 1.82) is 0 Å². The van der Waals surface area contributed by atoms with Gasteiger partial charge >= 0.3 is 6.16 Å². The molecule has 1 aromatic rings. The van der Waals surface area contributed by atoms with Gasteiger partial charge in [0.25, 0.3) is 11.8 Å². The topological polar surface area (TPSA) is 118 Å². The molecule has 2 amide bonds. The van der Waals surface area contributed by atoms with Crippen molar-refractivity contribution in [3.63, 3.8) is 0 Å². The Morgan fingerprint density at radius 2 is 1.56 bits per heavy atom. The average molecular weight is 258 g/mol.